The molecule has 0 heterocycles. The molecule has 0 aliphatic heterocycles. The summed E-state index contributed by atoms with van der Waals surface area (Å²) in [7, 11) is 0. The van der Waals surface area contributed by atoms with E-state index in [0.717, 1.165) is 0 Å². The summed E-state index contributed by atoms with van der Waals surface area (Å²) in [6.45, 7) is 2.05. The molecule has 0 amide bonds. The topological polar surface area (TPSA) is 50.1 Å². The molecule has 2 aromatic rings. The fraction of sp³-hybridized carbons (Fsp3) is 0.176. The van der Waals surface area contributed by atoms with Crippen molar-refractivity contribution in [3.63, 3.8) is 0 Å². The molecule has 0 atom stereocenters. The Bertz CT molecular complexity index is 704. The number of ether oxygens (including phenoxy) is 1. The van der Waals surface area contributed by atoms with E-state index in [-0.39, 0.29) is 18.0 Å². The molecule has 21 heavy (non-hydrogen) atoms. The molecule has 0 aliphatic rings. The van der Waals surface area contributed by atoms with Gasteiger partial charge in [0.15, 0.2) is 0 Å². The second-order valence-corrected chi connectivity index (χ2v) is 4.41. The molecule has 0 radical (unpaired) electrons. The maximum atomic E-state index is 13.7. The third-order valence-electron chi connectivity index (χ3n) is 3.07. The molecule has 3 nitrogen and oxygen atoms in total. The number of nitrogens with zero attached hydrogens (tertiary/aromatic N) is 1. The standard InChI is InChI=1S/C17H14FNO2/c1-2-21-17(20)10-12-6-3-4-7-13(12)14-8-5-9-16(18)15(14)11-19/h3-9H,2,10H2,1H3. The van der Waals surface area contributed by atoms with Crippen LogP contribution in [0.3, 0.4) is 0 Å². The van der Waals surface area contributed by atoms with Gasteiger partial charge in [-0.1, -0.05) is 36.4 Å². The summed E-state index contributed by atoms with van der Waals surface area (Å²) >= 11 is 0. The second kappa shape index (κ2) is 6.67. The first-order chi connectivity index (χ1) is 10.2. The molecule has 0 aliphatic carbocycles. The first kappa shape index (κ1) is 14.7. The molecule has 0 unspecified atom stereocenters. The Morgan fingerprint density at radius 3 is 2.62 bits per heavy atom. The van der Waals surface area contributed by atoms with E-state index in [2.05, 4.69) is 0 Å². The molecular weight excluding hydrogens is 269 g/mol. The Morgan fingerprint density at radius 2 is 1.90 bits per heavy atom. The highest BCUT2D eigenvalue weighted by Gasteiger charge is 2.14. The predicted octanol–water partition coefficient (Wildman–Crippen LogP) is 3.47. The van der Waals surface area contributed by atoms with Crippen LogP contribution < -0.4 is 0 Å². The van der Waals surface area contributed by atoms with Crippen molar-refractivity contribution in [1.29, 1.82) is 5.26 Å². The first-order valence-electron chi connectivity index (χ1n) is 6.60. The lowest BCUT2D eigenvalue weighted by atomic mass is 9.94. The van der Waals surface area contributed by atoms with Gasteiger partial charge in [0.05, 0.1) is 18.6 Å². The highest BCUT2D eigenvalue weighted by molar-refractivity contribution is 5.80. The normalized spacial score (nSPS) is 9.95. The van der Waals surface area contributed by atoms with Crippen molar-refractivity contribution in [3.8, 4) is 17.2 Å². The van der Waals surface area contributed by atoms with Gasteiger partial charge in [-0.25, -0.2) is 4.39 Å². The minimum atomic E-state index is -0.569. The van der Waals surface area contributed by atoms with Gasteiger partial charge in [-0.05, 0) is 24.1 Å². The van der Waals surface area contributed by atoms with Gasteiger partial charge >= 0.3 is 5.97 Å². The van der Waals surface area contributed by atoms with Crippen molar-refractivity contribution in [2.24, 2.45) is 0 Å². The van der Waals surface area contributed by atoms with Gasteiger partial charge in [0.25, 0.3) is 0 Å². The molecular formula is C17H14FNO2. The van der Waals surface area contributed by atoms with Gasteiger partial charge in [0, 0.05) is 5.56 Å². The van der Waals surface area contributed by atoms with Gasteiger partial charge in [0.1, 0.15) is 11.9 Å². The number of rotatable bonds is 4. The van der Waals surface area contributed by atoms with Crippen molar-refractivity contribution in [3.05, 3.63) is 59.4 Å². The summed E-state index contributed by atoms with van der Waals surface area (Å²) in [4.78, 5) is 11.7. The van der Waals surface area contributed by atoms with E-state index in [1.54, 1.807) is 43.3 Å². The maximum Gasteiger partial charge on any atom is 0.310 e. The van der Waals surface area contributed by atoms with Gasteiger partial charge < -0.3 is 4.74 Å². The van der Waals surface area contributed by atoms with Gasteiger partial charge in [-0.15, -0.1) is 0 Å². The number of esters is 1. The van der Waals surface area contributed by atoms with Gasteiger partial charge in [-0.2, -0.15) is 5.26 Å². The number of hydrogen-bond donors (Lipinski definition) is 0. The van der Waals surface area contributed by atoms with Crippen LogP contribution in [0, 0.1) is 17.1 Å². The maximum absolute atomic E-state index is 13.7. The van der Waals surface area contributed by atoms with E-state index in [0.29, 0.717) is 23.3 Å². The Hall–Kier alpha value is -2.67. The quantitative estimate of drug-likeness (QED) is 0.807. The van der Waals surface area contributed by atoms with Crippen molar-refractivity contribution in [2.45, 2.75) is 13.3 Å². The summed E-state index contributed by atoms with van der Waals surface area (Å²) < 4.78 is 18.7. The smallest absolute Gasteiger partial charge is 0.310 e. The van der Waals surface area contributed by atoms with Crippen molar-refractivity contribution in [2.75, 3.05) is 6.61 Å². The van der Waals surface area contributed by atoms with Crippen molar-refractivity contribution >= 4 is 5.97 Å². The Morgan fingerprint density at radius 1 is 1.19 bits per heavy atom. The Labute approximate surface area is 122 Å². The molecule has 0 saturated heterocycles. The Kier molecular flexibility index (Phi) is 4.68. The highest BCUT2D eigenvalue weighted by atomic mass is 19.1. The van der Waals surface area contributed by atoms with E-state index in [4.69, 9.17) is 10.00 Å². The summed E-state index contributed by atoms with van der Waals surface area (Å²) in [5.74, 6) is -0.916. The van der Waals surface area contributed by atoms with Crippen LogP contribution in [0.1, 0.15) is 18.1 Å². The SMILES string of the molecule is CCOC(=O)Cc1ccccc1-c1cccc(F)c1C#N. The van der Waals surface area contributed by atoms with Crippen LogP contribution in [-0.4, -0.2) is 12.6 Å². The number of benzene rings is 2. The number of carbonyl (C=O) groups excluding carboxylic acids is 1. The summed E-state index contributed by atoms with van der Waals surface area (Å²) in [5.41, 5.74) is 1.84. The first-order valence-corrected chi connectivity index (χ1v) is 6.60. The van der Waals surface area contributed by atoms with Crippen LogP contribution in [0.5, 0.6) is 0 Å². The minimum Gasteiger partial charge on any atom is -0.466 e. The largest absolute Gasteiger partial charge is 0.466 e. The number of halogens is 1. The third-order valence-corrected chi connectivity index (χ3v) is 3.07. The zero-order valence-corrected chi connectivity index (χ0v) is 11.6. The molecule has 4 heteroatoms. The lowest BCUT2D eigenvalue weighted by Gasteiger charge is -2.11. The lowest BCUT2D eigenvalue weighted by molar-refractivity contribution is -0.142. The second-order valence-electron chi connectivity index (χ2n) is 4.41. The Balaban J connectivity index is 2.49. The average molecular weight is 283 g/mol. The van der Waals surface area contributed by atoms with Crippen LogP contribution in [0.2, 0.25) is 0 Å². The summed E-state index contributed by atoms with van der Waals surface area (Å²) in [6, 6.07) is 13.5. The van der Waals surface area contributed by atoms with E-state index < -0.39 is 5.82 Å². The zero-order valence-electron chi connectivity index (χ0n) is 11.6. The summed E-state index contributed by atoms with van der Waals surface area (Å²) in [5, 5.41) is 9.14. The molecule has 0 saturated carbocycles. The van der Waals surface area contributed by atoms with Crippen LogP contribution in [-0.2, 0) is 16.0 Å². The lowest BCUT2D eigenvalue weighted by Crippen LogP contribution is -2.08. The van der Waals surface area contributed by atoms with Crippen molar-refractivity contribution in [1.82, 2.24) is 0 Å². The third kappa shape index (κ3) is 3.26. The van der Waals surface area contributed by atoms with Crippen LogP contribution in [0.15, 0.2) is 42.5 Å². The number of carbonyl (C=O) groups is 1. The molecule has 2 aromatic carbocycles. The molecule has 106 valence electrons. The molecule has 2 rings (SSSR count). The summed E-state index contributed by atoms with van der Waals surface area (Å²) in [6.07, 6.45) is 0.0887. The monoisotopic (exact) mass is 283 g/mol. The van der Waals surface area contributed by atoms with Crippen molar-refractivity contribution < 1.29 is 13.9 Å². The van der Waals surface area contributed by atoms with E-state index in [9.17, 15) is 9.18 Å². The zero-order chi connectivity index (χ0) is 15.2. The number of hydrogen-bond acceptors (Lipinski definition) is 3. The molecule has 0 spiro atoms. The number of nitriles is 1. The van der Waals surface area contributed by atoms with Crippen LogP contribution in [0.25, 0.3) is 11.1 Å². The fourth-order valence-electron chi connectivity index (χ4n) is 2.17. The fourth-order valence-corrected chi connectivity index (χ4v) is 2.17. The van der Waals surface area contributed by atoms with E-state index >= 15 is 0 Å². The van der Waals surface area contributed by atoms with E-state index in [1.807, 2.05) is 6.07 Å². The molecule has 0 bridgehead atoms. The predicted molar refractivity (Wildman–Crippen MR) is 76.9 cm³/mol. The van der Waals surface area contributed by atoms with Gasteiger partial charge in [-0.3, -0.25) is 4.79 Å². The molecule has 0 aromatic heterocycles. The molecule has 0 fully saturated rings. The minimum absolute atomic E-state index is 0.0196. The van der Waals surface area contributed by atoms with Crippen LogP contribution >= 0.6 is 0 Å². The van der Waals surface area contributed by atoms with Gasteiger partial charge in [0.2, 0.25) is 0 Å². The highest BCUT2D eigenvalue weighted by Crippen LogP contribution is 2.28. The van der Waals surface area contributed by atoms with Crippen LogP contribution in [0.4, 0.5) is 4.39 Å². The van der Waals surface area contributed by atoms with E-state index in [1.165, 1.54) is 6.07 Å². The molecule has 0 N–H and O–H groups in total. The average Bonchev–Trinajstić information content (AvgIpc) is 2.48.